The summed E-state index contributed by atoms with van der Waals surface area (Å²) in [6.07, 6.45) is 3.71. The van der Waals surface area contributed by atoms with Crippen LogP contribution in [-0.2, 0) is 9.53 Å². The van der Waals surface area contributed by atoms with Crippen molar-refractivity contribution < 1.29 is 19.1 Å². The number of rotatable bonds is 9. The molecule has 23 heavy (non-hydrogen) atoms. The van der Waals surface area contributed by atoms with E-state index in [0.29, 0.717) is 25.0 Å². The molecule has 5 heteroatoms. The van der Waals surface area contributed by atoms with E-state index in [-0.39, 0.29) is 18.2 Å². The van der Waals surface area contributed by atoms with Crippen LogP contribution in [0.15, 0.2) is 24.3 Å². The van der Waals surface area contributed by atoms with Gasteiger partial charge in [0.15, 0.2) is 5.78 Å². The van der Waals surface area contributed by atoms with Crippen molar-refractivity contribution in [2.24, 2.45) is 0 Å². The van der Waals surface area contributed by atoms with Crippen LogP contribution in [0.25, 0.3) is 0 Å². The van der Waals surface area contributed by atoms with Gasteiger partial charge in [-0.2, -0.15) is 0 Å². The fourth-order valence-electron chi connectivity index (χ4n) is 2.68. The van der Waals surface area contributed by atoms with Crippen molar-refractivity contribution in [2.45, 2.75) is 32.1 Å². The van der Waals surface area contributed by atoms with Crippen molar-refractivity contribution in [2.75, 3.05) is 33.4 Å². The van der Waals surface area contributed by atoms with Gasteiger partial charge in [0.2, 0.25) is 0 Å². The fourth-order valence-corrected chi connectivity index (χ4v) is 2.68. The molecular weight excluding hydrogens is 294 g/mol. The molecule has 1 aliphatic heterocycles. The number of hydrogen-bond donors (Lipinski definition) is 0. The van der Waals surface area contributed by atoms with Crippen molar-refractivity contribution in [3.63, 3.8) is 0 Å². The SMILES string of the molecule is COC(=O)CCCC(=O)c1ccc(OCCN2CCCC2)cc1. The van der Waals surface area contributed by atoms with E-state index >= 15 is 0 Å². The maximum Gasteiger partial charge on any atom is 0.305 e. The van der Waals surface area contributed by atoms with Crippen molar-refractivity contribution in [3.8, 4) is 5.75 Å². The molecule has 0 bridgehead atoms. The van der Waals surface area contributed by atoms with Crippen LogP contribution in [0.1, 0.15) is 42.5 Å². The lowest BCUT2D eigenvalue weighted by atomic mass is 10.1. The molecule has 2 rings (SSSR count). The average Bonchev–Trinajstić information content (AvgIpc) is 3.08. The van der Waals surface area contributed by atoms with Gasteiger partial charge in [-0.1, -0.05) is 0 Å². The average molecular weight is 319 g/mol. The van der Waals surface area contributed by atoms with E-state index in [1.807, 2.05) is 12.1 Å². The largest absolute Gasteiger partial charge is 0.492 e. The monoisotopic (exact) mass is 319 g/mol. The first-order valence-electron chi connectivity index (χ1n) is 8.24. The van der Waals surface area contributed by atoms with Crippen LogP contribution >= 0.6 is 0 Å². The van der Waals surface area contributed by atoms with E-state index in [0.717, 1.165) is 12.3 Å². The molecule has 1 aromatic rings. The summed E-state index contributed by atoms with van der Waals surface area (Å²) in [5.74, 6) is 0.548. The summed E-state index contributed by atoms with van der Waals surface area (Å²) < 4.78 is 10.3. The first-order valence-corrected chi connectivity index (χ1v) is 8.24. The Bertz CT molecular complexity index is 506. The minimum absolute atomic E-state index is 0.0394. The molecule has 1 aromatic carbocycles. The van der Waals surface area contributed by atoms with E-state index < -0.39 is 0 Å². The number of esters is 1. The standard InChI is InChI=1S/C18H25NO4/c1-22-18(21)6-4-5-17(20)15-7-9-16(10-8-15)23-14-13-19-11-2-3-12-19/h7-10H,2-6,11-14H2,1H3. The van der Waals surface area contributed by atoms with Gasteiger partial charge in [0, 0.05) is 24.9 Å². The molecule has 0 aliphatic carbocycles. The zero-order chi connectivity index (χ0) is 16.5. The summed E-state index contributed by atoms with van der Waals surface area (Å²) in [4.78, 5) is 25.4. The van der Waals surface area contributed by atoms with Crippen LogP contribution in [-0.4, -0.2) is 50.0 Å². The highest BCUT2D eigenvalue weighted by molar-refractivity contribution is 5.96. The van der Waals surface area contributed by atoms with E-state index in [4.69, 9.17) is 4.74 Å². The molecule has 1 aliphatic rings. The summed E-state index contributed by atoms with van der Waals surface area (Å²) in [5, 5.41) is 0. The minimum atomic E-state index is -0.278. The van der Waals surface area contributed by atoms with Crippen LogP contribution in [0.5, 0.6) is 5.75 Å². The number of benzene rings is 1. The Morgan fingerprint density at radius 3 is 2.43 bits per heavy atom. The Morgan fingerprint density at radius 1 is 1.09 bits per heavy atom. The third-order valence-corrected chi connectivity index (χ3v) is 4.06. The van der Waals surface area contributed by atoms with Crippen LogP contribution < -0.4 is 4.74 Å². The summed E-state index contributed by atoms with van der Waals surface area (Å²) in [6, 6.07) is 7.23. The van der Waals surface area contributed by atoms with Crippen LogP contribution in [0.2, 0.25) is 0 Å². The molecule has 1 saturated heterocycles. The van der Waals surface area contributed by atoms with Gasteiger partial charge in [0.25, 0.3) is 0 Å². The highest BCUT2D eigenvalue weighted by atomic mass is 16.5. The molecule has 0 aromatic heterocycles. The van der Waals surface area contributed by atoms with Gasteiger partial charge < -0.3 is 9.47 Å². The van der Waals surface area contributed by atoms with Crippen LogP contribution in [0.3, 0.4) is 0 Å². The Kier molecular flexibility index (Phi) is 7.07. The van der Waals surface area contributed by atoms with Crippen molar-refractivity contribution in [1.29, 1.82) is 0 Å². The van der Waals surface area contributed by atoms with E-state index in [2.05, 4.69) is 9.64 Å². The molecule has 126 valence electrons. The zero-order valence-corrected chi connectivity index (χ0v) is 13.8. The highest BCUT2D eigenvalue weighted by Gasteiger charge is 2.11. The molecule has 0 saturated carbocycles. The van der Waals surface area contributed by atoms with Gasteiger partial charge in [0.05, 0.1) is 7.11 Å². The van der Waals surface area contributed by atoms with Gasteiger partial charge in [-0.05, 0) is 56.6 Å². The van der Waals surface area contributed by atoms with Gasteiger partial charge in [0.1, 0.15) is 12.4 Å². The Morgan fingerprint density at radius 2 is 1.78 bits per heavy atom. The van der Waals surface area contributed by atoms with Gasteiger partial charge in [-0.15, -0.1) is 0 Å². The van der Waals surface area contributed by atoms with Crippen LogP contribution in [0, 0.1) is 0 Å². The maximum absolute atomic E-state index is 12.0. The first kappa shape index (κ1) is 17.5. The molecule has 1 heterocycles. The number of Topliss-reactive ketones (excluding diaryl/α,β-unsaturated/α-hetero) is 1. The number of carbonyl (C=O) groups is 2. The molecule has 1 fully saturated rings. The fraction of sp³-hybridized carbons (Fsp3) is 0.556. The van der Waals surface area contributed by atoms with Crippen molar-refractivity contribution in [1.82, 2.24) is 4.90 Å². The predicted octanol–water partition coefficient (Wildman–Crippen LogP) is 2.69. The number of nitrogens with zero attached hydrogens (tertiary/aromatic N) is 1. The lowest BCUT2D eigenvalue weighted by Crippen LogP contribution is -2.25. The molecule has 0 spiro atoms. The Balaban J connectivity index is 1.70. The number of methoxy groups -OCH3 is 1. The highest BCUT2D eigenvalue weighted by Crippen LogP contribution is 2.15. The lowest BCUT2D eigenvalue weighted by molar-refractivity contribution is -0.140. The van der Waals surface area contributed by atoms with Crippen LogP contribution in [0.4, 0.5) is 0 Å². The molecular formula is C18H25NO4. The Labute approximate surface area is 137 Å². The normalized spacial score (nSPS) is 14.7. The van der Waals surface area contributed by atoms with Crippen molar-refractivity contribution in [3.05, 3.63) is 29.8 Å². The third-order valence-electron chi connectivity index (χ3n) is 4.06. The number of carbonyl (C=O) groups excluding carboxylic acids is 2. The second kappa shape index (κ2) is 9.30. The predicted molar refractivity (Wildman–Crippen MR) is 87.8 cm³/mol. The van der Waals surface area contributed by atoms with E-state index in [1.54, 1.807) is 12.1 Å². The summed E-state index contributed by atoms with van der Waals surface area (Å²) in [5.41, 5.74) is 0.654. The van der Waals surface area contributed by atoms with Crippen molar-refractivity contribution >= 4 is 11.8 Å². The van der Waals surface area contributed by atoms with E-state index in [1.165, 1.54) is 33.0 Å². The molecule has 0 N–H and O–H groups in total. The number of likely N-dealkylation sites (tertiary alicyclic amines) is 1. The maximum atomic E-state index is 12.0. The van der Waals surface area contributed by atoms with E-state index in [9.17, 15) is 9.59 Å². The number of ketones is 1. The first-order chi connectivity index (χ1) is 11.2. The molecule has 5 nitrogen and oxygen atoms in total. The second-order valence-electron chi connectivity index (χ2n) is 5.77. The third kappa shape index (κ3) is 6.02. The summed E-state index contributed by atoms with van der Waals surface area (Å²) in [6.45, 7) is 3.96. The zero-order valence-electron chi connectivity index (χ0n) is 13.8. The summed E-state index contributed by atoms with van der Waals surface area (Å²) >= 11 is 0. The lowest BCUT2D eigenvalue weighted by Gasteiger charge is -2.14. The smallest absolute Gasteiger partial charge is 0.305 e. The molecule has 0 unspecified atom stereocenters. The minimum Gasteiger partial charge on any atom is -0.492 e. The Hall–Kier alpha value is -1.88. The number of hydrogen-bond acceptors (Lipinski definition) is 5. The summed E-state index contributed by atoms with van der Waals surface area (Å²) in [7, 11) is 1.35. The van der Waals surface area contributed by atoms with Gasteiger partial charge in [-0.3, -0.25) is 14.5 Å². The van der Waals surface area contributed by atoms with Gasteiger partial charge >= 0.3 is 5.97 Å². The quantitative estimate of drug-likeness (QED) is 0.517. The molecule has 0 amide bonds. The number of ether oxygens (including phenoxy) is 2. The second-order valence-corrected chi connectivity index (χ2v) is 5.77. The van der Waals surface area contributed by atoms with Gasteiger partial charge in [-0.25, -0.2) is 0 Å². The molecule has 0 radical (unpaired) electrons. The topological polar surface area (TPSA) is 55.8 Å². The molecule has 0 atom stereocenters.